The average molecular weight is 291 g/mol. The van der Waals surface area contributed by atoms with Crippen molar-refractivity contribution in [3.05, 3.63) is 17.8 Å². The lowest BCUT2D eigenvalue weighted by atomic mass is 10.1. The molecule has 1 aliphatic rings. The van der Waals surface area contributed by atoms with Crippen molar-refractivity contribution in [2.24, 2.45) is 5.92 Å². The van der Waals surface area contributed by atoms with E-state index < -0.39 is 0 Å². The van der Waals surface area contributed by atoms with Crippen LogP contribution in [0.25, 0.3) is 0 Å². The molecule has 0 bridgehead atoms. The highest BCUT2D eigenvalue weighted by Gasteiger charge is 2.21. The first-order valence-corrected chi connectivity index (χ1v) is 7.81. The Balaban J connectivity index is 1.78. The van der Waals surface area contributed by atoms with Gasteiger partial charge in [0.1, 0.15) is 5.82 Å². The largest absolute Gasteiger partial charge is 0.369 e. The van der Waals surface area contributed by atoms with E-state index in [1.807, 2.05) is 0 Å². The number of rotatable bonds is 7. The number of aromatic nitrogens is 2. The fourth-order valence-electron chi connectivity index (χ4n) is 2.50. The number of anilines is 1. The Morgan fingerprint density at radius 1 is 1.38 bits per heavy atom. The molecule has 1 atom stereocenters. The second kappa shape index (κ2) is 7.93. The Morgan fingerprint density at radius 2 is 2.24 bits per heavy atom. The fourth-order valence-corrected chi connectivity index (χ4v) is 2.50. The molecule has 21 heavy (non-hydrogen) atoms. The van der Waals surface area contributed by atoms with Gasteiger partial charge in [-0.3, -0.25) is 4.79 Å². The minimum absolute atomic E-state index is 0.139. The van der Waals surface area contributed by atoms with E-state index in [1.54, 1.807) is 12.1 Å². The van der Waals surface area contributed by atoms with Gasteiger partial charge in [0, 0.05) is 19.6 Å². The standard InChI is InChI=1S/C15H25N5O/c1-3-8-16-14-6-5-13(18-19-14)15(21)17-10-12-7-9-20(4-2)11-12/h5-6,12H,3-4,7-11H2,1-2H3,(H,16,19)(H,17,21). The Labute approximate surface area is 126 Å². The van der Waals surface area contributed by atoms with Crippen LogP contribution < -0.4 is 10.6 Å². The fraction of sp³-hybridized carbons (Fsp3) is 0.667. The van der Waals surface area contributed by atoms with Crippen LogP contribution in [0.4, 0.5) is 5.82 Å². The normalized spacial score (nSPS) is 18.7. The summed E-state index contributed by atoms with van der Waals surface area (Å²) in [7, 11) is 0. The first-order valence-electron chi connectivity index (χ1n) is 7.81. The minimum Gasteiger partial charge on any atom is -0.369 e. The number of amides is 1. The Morgan fingerprint density at radius 3 is 2.86 bits per heavy atom. The van der Waals surface area contributed by atoms with Crippen molar-refractivity contribution in [2.45, 2.75) is 26.7 Å². The van der Waals surface area contributed by atoms with E-state index >= 15 is 0 Å². The van der Waals surface area contributed by atoms with Gasteiger partial charge in [0.25, 0.3) is 5.91 Å². The van der Waals surface area contributed by atoms with Gasteiger partial charge in [0.15, 0.2) is 5.69 Å². The third-order valence-corrected chi connectivity index (χ3v) is 3.82. The smallest absolute Gasteiger partial charge is 0.271 e. The SMILES string of the molecule is CCCNc1ccc(C(=O)NCC2CCN(CC)C2)nn1. The quantitative estimate of drug-likeness (QED) is 0.794. The lowest BCUT2D eigenvalue weighted by molar-refractivity contribution is 0.0941. The summed E-state index contributed by atoms with van der Waals surface area (Å²) in [6.45, 7) is 9.12. The third-order valence-electron chi connectivity index (χ3n) is 3.82. The maximum Gasteiger partial charge on any atom is 0.271 e. The van der Waals surface area contributed by atoms with Crippen molar-refractivity contribution in [1.29, 1.82) is 0 Å². The summed E-state index contributed by atoms with van der Waals surface area (Å²) in [6, 6.07) is 3.51. The van der Waals surface area contributed by atoms with Gasteiger partial charge in [-0.25, -0.2) is 0 Å². The first kappa shape index (κ1) is 15.7. The van der Waals surface area contributed by atoms with Gasteiger partial charge in [-0.05, 0) is 44.0 Å². The third kappa shape index (κ3) is 4.67. The lowest BCUT2D eigenvalue weighted by Crippen LogP contribution is -2.31. The van der Waals surface area contributed by atoms with Crippen LogP contribution in [-0.4, -0.2) is 53.7 Å². The number of nitrogens with one attached hydrogen (secondary N) is 2. The maximum atomic E-state index is 12.0. The van der Waals surface area contributed by atoms with E-state index in [-0.39, 0.29) is 5.91 Å². The molecular formula is C15H25N5O. The van der Waals surface area contributed by atoms with Crippen LogP contribution >= 0.6 is 0 Å². The van der Waals surface area contributed by atoms with Crippen molar-refractivity contribution < 1.29 is 4.79 Å². The molecular weight excluding hydrogens is 266 g/mol. The van der Waals surface area contributed by atoms with E-state index in [0.29, 0.717) is 24.0 Å². The predicted molar refractivity (Wildman–Crippen MR) is 83.4 cm³/mol. The van der Waals surface area contributed by atoms with Crippen LogP contribution in [0.5, 0.6) is 0 Å². The molecule has 1 saturated heterocycles. The highest BCUT2D eigenvalue weighted by molar-refractivity contribution is 5.92. The number of carbonyl (C=O) groups excluding carboxylic acids is 1. The molecule has 0 aliphatic carbocycles. The molecule has 6 heteroatoms. The molecule has 1 amide bonds. The van der Waals surface area contributed by atoms with Crippen molar-refractivity contribution >= 4 is 11.7 Å². The lowest BCUT2D eigenvalue weighted by Gasteiger charge is -2.13. The zero-order valence-electron chi connectivity index (χ0n) is 12.9. The molecule has 0 saturated carbocycles. The van der Waals surface area contributed by atoms with Gasteiger partial charge in [-0.2, -0.15) is 0 Å². The van der Waals surface area contributed by atoms with Gasteiger partial charge < -0.3 is 15.5 Å². The molecule has 0 spiro atoms. The predicted octanol–water partition coefficient (Wildman–Crippen LogP) is 1.37. The van der Waals surface area contributed by atoms with Crippen molar-refractivity contribution in [1.82, 2.24) is 20.4 Å². The molecule has 116 valence electrons. The number of hydrogen-bond donors (Lipinski definition) is 2. The second-order valence-corrected chi connectivity index (χ2v) is 5.49. The molecule has 1 aromatic heterocycles. The molecule has 6 nitrogen and oxygen atoms in total. The molecule has 2 heterocycles. The van der Waals surface area contributed by atoms with E-state index in [0.717, 1.165) is 39.0 Å². The summed E-state index contributed by atoms with van der Waals surface area (Å²) < 4.78 is 0. The van der Waals surface area contributed by atoms with Gasteiger partial charge >= 0.3 is 0 Å². The summed E-state index contributed by atoms with van der Waals surface area (Å²) in [5.74, 6) is 1.12. The van der Waals surface area contributed by atoms with Crippen molar-refractivity contribution in [2.75, 3.05) is 38.0 Å². The Kier molecular flexibility index (Phi) is 5.92. The van der Waals surface area contributed by atoms with Crippen LogP contribution in [-0.2, 0) is 0 Å². The van der Waals surface area contributed by atoms with Gasteiger partial charge in [-0.15, -0.1) is 10.2 Å². The van der Waals surface area contributed by atoms with Crippen molar-refractivity contribution in [3.8, 4) is 0 Å². The van der Waals surface area contributed by atoms with Crippen LogP contribution in [0.3, 0.4) is 0 Å². The van der Waals surface area contributed by atoms with Crippen LogP contribution in [0.1, 0.15) is 37.2 Å². The molecule has 1 unspecified atom stereocenters. The Hall–Kier alpha value is -1.69. The Bertz CT molecular complexity index is 448. The molecule has 0 aromatic carbocycles. The summed E-state index contributed by atoms with van der Waals surface area (Å²) >= 11 is 0. The summed E-state index contributed by atoms with van der Waals surface area (Å²) in [5, 5.41) is 14.1. The molecule has 1 aliphatic heterocycles. The minimum atomic E-state index is -0.139. The number of hydrogen-bond acceptors (Lipinski definition) is 5. The first-order chi connectivity index (χ1) is 10.2. The molecule has 2 N–H and O–H groups in total. The summed E-state index contributed by atoms with van der Waals surface area (Å²) in [4.78, 5) is 14.4. The van der Waals surface area contributed by atoms with Gasteiger partial charge in [0.2, 0.25) is 0 Å². The van der Waals surface area contributed by atoms with Crippen molar-refractivity contribution in [3.63, 3.8) is 0 Å². The monoisotopic (exact) mass is 291 g/mol. The van der Waals surface area contributed by atoms with E-state index in [2.05, 4.69) is 39.6 Å². The van der Waals surface area contributed by atoms with Gasteiger partial charge in [0.05, 0.1) is 0 Å². The van der Waals surface area contributed by atoms with Gasteiger partial charge in [-0.1, -0.05) is 13.8 Å². The highest BCUT2D eigenvalue weighted by Crippen LogP contribution is 2.14. The second-order valence-electron chi connectivity index (χ2n) is 5.49. The maximum absolute atomic E-state index is 12.0. The molecule has 1 fully saturated rings. The number of carbonyl (C=O) groups is 1. The molecule has 1 aromatic rings. The molecule has 0 radical (unpaired) electrons. The zero-order chi connectivity index (χ0) is 15.1. The van der Waals surface area contributed by atoms with E-state index in [9.17, 15) is 4.79 Å². The van der Waals surface area contributed by atoms with Crippen LogP contribution in [0, 0.1) is 5.92 Å². The average Bonchev–Trinajstić information content (AvgIpc) is 2.99. The summed E-state index contributed by atoms with van der Waals surface area (Å²) in [5.41, 5.74) is 0.377. The molecule has 2 rings (SSSR count). The highest BCUT2D eigenvalue weighted by atomic mass is 16.1. The number of likely N-dealkylation sites (tertiary alicyclic amines) is 1. The van der Waals surface area contributed by atoms with Crippen LogP contribution in [0.2, 0.25) is 0 Å². The summed E-state index contributed by atoms with van der Waals surface area (Å²) in [6.07, 6.45) is 2.18. The zero-order valence-corrected chi connectivity index (χ0v) is 12.9. The van der Waals surface area contributed by atoms with E-state index in [1.165, 1.54) is 0 Å². The number of nitrogens with zero attached hydrogens (tertiary/aromatic N) is 3. The van der Waals surface area contributed by atoms with E-state index in [4.69, 9.17) is 0 Å². The van der Waals surface area contributed by atoms with Crippen LogP contribution in [0.15, 0.2) is 12.1 Å². The topological polar surface area (TPSA) is 70.2 Å².